The van der Waals surface area contributed by atoms with Gasteiger partial charge in [-0.1, -0.05) is 29.8 Å². The summed E-state index contributed by atoms with van der Waals surface area (Å²) in [5.74, 6) is -0.440. The second-order valence-electron chi connectivity index (χ2n) is 8.43. The van der Waals surface area contributed by atoms with Crippen LogP contribution in [0.5, 0.6) is 0 Å². The molecule has 0 radical (unpaired) electrons. The van der Waals surface area contributed by atoms with Gasteiger partial charge in [-0.2, -0.15) is 0 Å². The summed E-state index contributed by atoms with van der Waals surface area (Å²) >= 11 is 6.09. The Bertz CT molecular complexity index is 1110. The largest absolute Gasteiger partial charge is 0.437 e. The predicted molar refractivity (Wildman–Crippen MR) is 123 cm³/mol. The number of para-hydroxylation sites is 2. The summed E-state index contributed by atoms with van der Waals surface area (Å²) in [5.41, 5.74) is 1.02. The molecule has 2 aromatic rings. The molecule has 0 aliphatic carbocycles. The number of hydrogen-bond donors (Lipinski definition) is 1. The molecule has 0 bridgehead atoms. The van der Waals surface area contributed by atoms with Gasteiger partial charge in [-0.25, -0.2) is 4.79 Å². The first-order chi connectivity index (χ1) is 15.9. The summed E-state index contributed by atoms with van der Waals surface area (Å²) in [6.07, 6.45) is -0.476. The molecule has 172 valence electrons. The highest BCUT2D eigenvalue weighted by atomic mass is 35.5. The lowest BCUT2D eigenvalue weighted by atomic mass is 10.0. The molecular weight excluding hydrogens is 448 g/mol. The Balaban J connectivity index is 1.32. The molecule has 1 atom stereocenters. The van der Waals surface area contributed by atoms with E-state index in [2.05, 4.69) is 5.32 Å². The van der Waals surface area contributed by atoms with E-state index >= 15 is 0 Å². The standard InChI is InChI=1S/C23H23ClN4O5/c24-16-4-3-5-17(10-16)28-14-23(33-22(28)31)13-26(8-9-32-15-23)12-21(30)27-11-20(29)25-18-6-1-2-7-19(18)27/h1-7,10H,8-9,11-15H2,(H,25,29). The number of amides is 3. The number of nitrogens with one attached hydrogen (secondary N) is 1. The van der Waals surface area contributed by atoms with Gasteiger partial charge >= 0.3 is 6.09 Å². The molecule has 5 rings (SSSR count). The Morgan fingerprint density at radius 2 is 1.97 bits per heavy atom. The van der Waals surface area contributed by atoms with Gasteiger partial charge in [-0.05, 0) is 30.3 Å². The molecule has 1 spiro atoms. The second kappa shape index (κ2) is 8.66. The van der Waals surface area contributed by atoms with Crippen molar-refractivity contribution < 1.29 is 23.9 Å². The number of anilines is 3. The number of carbonyl (C=O) groups excluding carboxylic acids is 3. The smallest absolute Gasteiger partial charge is 0.415 e. The molecule has 0 aromatic heterocycles. The molecule has 3 aliphatic heterocycles. The maximum absolute atomic E-state index is 13.2. The number of ether oxygens (including phenoxy) is 2. The lowest BCUT2D eigenvalue weighted by Crippen LogP contribution is -2.51. The highest BCUT2D eigenvalue weighted by Gasteiger charge is 2.48. The Hall–Kier alpha value is -3.14. The van der Waals surface area contributed by atoms with E-state index in [0.717, 1.165) is 0 Å². The first kappa shape index (κ1) is 21.7. The summed E-state index contributed by atoms with van der Waals surface area (Å²) in [7, 11) is 0. The maximum atomic E-state index is 13.2. The molecule has 33 heavy (non-hydrogen) atoms. The third-order valence-electron chi connectivity index (χ3n) is 5.95. The summed E-state index contributed by atoms with van der Waals surface area (Å²) in [4.78, 5) is 42.9. The van der Waals surface area contributed by atoms with Crippen molar-refractivity contribution >= 4 is 46.6 Å². The molecule has 2 fully saturated rings. The number of fused-ring (bicyclic) bond motifs is 1. The van der Waals surface area contributed by atoms with Crippen LogP contribution in [-0.2, 0) is 19.1 Å². The van der Waals surface area contributed by atoms with Gasteiger partial charge in [0.2, 0.25) is 11.8 Å². The zero-order chi connectivity index (χ0) is 23.0. The topological polar surface area (TPSA) is 91.4 Å². The molecule has 1 N–H and O–H groups in total. The molecule has 9 nitrogen and oxygen atoms in total. The normalized spacial score (nSPS) is 23.2. The van der Waals surface area contributed by atoms with Crippen LogP contribution in [0.25, 0.3) is 0 Å². The fraction of sp³-hybridized carbons (Fsp3) is 0.348. The van der Waals surface area contributed by atoms with Crippen molar-refractivity contribution in [2.45, 2.75) is 5.60 Å². The van der Waals surface area contributed by atoms with Crippen molar-refractivity contribution in [1.29, 1.82) is 0 Å². The molecule has 3 aliphatic rings. The first-order valence-electron chi connectivity index (χ1n) is 10.7. The predicted octanol–water partition coefficient (Wildman–Crippen LogP) is 2.35. The van der Waals surface area contributed by atoms with Crippen molar-refractivity contribution in [3.05, 3.63) is 53.6 Å². The summed E-state index contributed by atoms with van der Waals surface area (Å²) < 4.78 is 11.6. The van der Waals surface area contributed by atoms with Crippen LogP contribution in [0, 0.1) is 0 Å². The van der Waals surface area contributed by atoms with E-state index in [1.165, 1.54) is 9.80 Å². The van der Waals surface area contributed by atoms with E-state index in [-0.39, 0.29) is 38.1 Å². The Labute approximate surface area is 195 Å². The fourth-order valence-electron chi connectivity index (χ4n) is 4.47. The number of rotatable bonds is 3. The molecule has 1 unspecified atom stereocenters. The Morgan fingerprint density at radius 1 is 1.12 bits per heavy atom. The van der Waals surface area contributed by atoms with Crippen LogP contribution in [0.4, 0.5) is 21.9 Å². The average Bonchev–Trinajstić information content (AvgIpc) is 2.98. The van der Waals surface area contributed by atoms with Gasteiger partial charge in [0.25, 0.3) is 0 Å². The number of halogens is 1. The van der Waals surface area contributed by atoms with Gasteiger partial charge in [0.1, 0.15) is 6.54 Å². The van der Waals surface area contributed by atoms with Gasteiger partial charge in [-0.15, -0.1) is 0 Å². The minimum absolute atomic E-state index is 0.0388. The van der Waals surface area contributed by atoms with Crippen LogP contribution in [0.3, 0.4) is 0 Å². The monoisotopic (exact) mass is 470 g/mol. The van der Waals surface area contributed by atoms with Crippen molar-refractivity contribution in [2.75, 3.05) is 61.1 Å². The molecular formula is C23H23ClN4O5. The van der Waals surface area contributed by atoms with Gasteiger partial charge in [-0.3, -0.25) is 24.3 Å². The highest BCUT2D eigenvalue weighted by Crippen LogP contribution is 2.32. The third-order valence-corrected chi connectivity index (χ3v) is 6.18. The van der Waals surface area contributed by atoms with Gasteiger partial charge in [0.15, 0.2) is 5.60 Å². The number of carbonyl (C=O) groups is 3. The summed E-state index contributed by atoms with van der Waals surface area (Å²) in [6, 6.07) is 14.2. The number of hydrogen-bond acceptors (Lipinski definition) is 6. The maximum Gasteiger partial charge on any atom is 0.415 e. The van der Waals surface area contributed by atoms with E-state index in [1.54, 1.807) is 36.4 Å². The van der Waals surface area contributed by atoms with Gasteiger partial charge in [0, 0.05) is 23.8 Å². The van der Waals surface area contributed by atoms with Crippen molar-refractivity contribution in [3.63, 3.8) is 0 Å². The zero-order valence-corrected chi connectivity index (χ0v) is 18.6. The van der Waals surface area contributed by atoms with Crippen molar-refractivity contribution in [1.82, 2.24) is 4.90 Å². The van der Waals surface area contributed by atoms with Crippen molar-refractivity contribution in [3.8, 4) is 0 Å². The quantitative estimate of drug-likeness (QED) is 0.740. The van der Waals surface area contributed by atoms with Crippen LogP contribution in [0.2, 0.25) is 5.02 Å². The van der Waals surface area contributed by atoms with E-state index in [0.29, 0.717) is 41.8 Å². The van der Waals surface area contributed by atoms with Crippen molar-refractivity contribution in [2.24, 2.45) is 0 Å². The van der Waals surface area contributed by atoms with Gasteiger partial charge in [0.05, 0.1) is 37.7 Å². The minimum Gasteiger partial charge on any atom is -0.437 e. The fourth-order valence-corrected chi connectivity index (χ4v) is 4.66. The van der Waals surface area contributed by atoms with E-state index in [1.807, 2.05) is 17.0 Å². The van der Waals surface area contributed by atoms with Crippen LogP contribution < -0.4 is 15.1 Å². The lowest BCUT2D eigenvalue weighted by Gasteiger charge is -2.33. The minimum atomic E-state index is -0.909. The third kappa shape index (κ3) is 4.39. The van der Waals surface area contributed by atoms with Crippen LogP contribution in [0.15, 0.2) is 48.5 Å². The second-order valence-corrected chi connectivity index (χ2v) is 8.86. The lowest BCUT2D eigenvalue weighted by molar-refractivity contribution is -0.123. The van der Waals surface area contributed by atoms with Crippen LogP contribution in [0.1, 0.15) is 0 Å². The highest BCUT2D eigenvalue weighted by molar-refractivity contribution is 6.30. The van der Waals surface area contributed by atoms with E-state index < -0.39 is 11.7 Å². The molecule has 10 heteroatoms. The SMILES string of the molecule is O=C1CN(C(=O)CN2CCOCC3(C2)CN(c2cccc(Cl)c2)C(=O)O3)c2ccccc2N1. The summed E-state index contributed by atoms with van der Waals surface area (Å²) in [6.45, 7) is 1.79. The molecule has 3 heterocycles. The van der Waals surface area contributed by atoms with Crippen LogP contribution in [-0.4, -0.2) is 74.3 Å². The molecule has 3 amide bonds. The van der Waals surface area contributed by atoms with E-state index in [4.69, 9.17) is 21.1 Å². The number of nitrogens with zero attached hydrogens (tertiary/aromatic N) is 3. The summed E-state index contributed by atoms with van der Waals surface area (Å²) in [5, 5.41) is 3.31. The van der Waals surface area contributed by atoms with Gasteiger partial charge < -0.3 is 14.8 Å². The Morgan fingerprint density at radius 3 is 2.82 bits per heavy atom. The van der Waals surface area contributed by atoms with Crippen LogP contribution >= 0.6 is 11.6 Å². The average molecular weight is 471 g/mol. The first-order valence-corrected chi connectivity index (χ1v) is 11.1. The Kier molecular flexibility index (Phi) is 5.69. The zero-order valence-electron chi connectivity index (χ0n) is 17.8. The molecule has 2 aromatic carbocycles. The molecule has 2 saturated heterocycles. The molecule has 0 saturated carbocycles. The number of benzene rings is 2. The van der Waals surface area contributed by atoms with E-state index in [9.17, 15) is 14.4 Å².